The molecular weight excluding hydrogens is 545 g/mol. The Morgan fingerprint density at radius 1 is 1.10 bits per heavy atom. The van der Waals surface area contributed by atoms with Gasteiger partial charge in [-0.1, -0.05) is 30.3 Å². The maximum atomic E-state index is 13.3. The first kappa shape index (κ1) is 29.9. The van der Waals surface area contributed by atoms with Gasteiger partial charge in [0.15, 0.2) is 19.4 Å². The number of aryl methyl sites for hydroxylation is 1. The molecule has 0 radical (unpaired) electrons. The van der Waals surface area contributed by atoms with Crippen LogP contribution in [0.4, 0.5) is 26.1 Å². The van der Waals surface area contributed by atoms with Crippen LogP contribution in [0.25, 0.3) is 0 Å². The van der Waals surface area contributed by atoms with Crippen LogP contribution in [0.3, 0.4) is 0 Å². The summed E-state index contributed by atoms with van der Waals surface area (Å²) in [4.78, 5) is 45.1. The molecule has 3 heterocycles. The predicted octanol–water partition coefficient (Wildman–Crippen LogP) is 3.02. The molecule has 0 spiro atoms. The number of carbonyl (C=O) groups is 3. The highest BCUT2D eigenvalue weighted by atomic mass is 32.1. The first-order valence-electron chi connectivity index (χ1n) is 13.5. The number of benzene rings is 1. The molecule has 3 aromatic rings. The van der Waals surface area contributed by atoms with Gasteiger partial charge in [-0.25, -0.2) is 14.6 Å². The van der Waals surface area contributed by atoms with Crippen LogP contribution in [0.5, 0.6) is 0 Å². The molecule has 0 bridgehead atoms. The molecule has 0 saturated carbocycles. The zero-order valence-electron chi connectivity index (χ0n) is 24.0. The molecule has 0 aliphatic carbocycles. The number of amides is 3. The number of aromatic nitrogens is 3. The van der Waals surface area contributed by atoms with Crippen molar-refractivity contribution in [1.29, 1.82) is 0 Å². The predicted molar refractivity (Wildman–Crippen MR) is 161 cm³/mol. The second kappa shape index (κ2) is 13.1. The number of nitrogens with one attached hydrogen (secondary N) is 3. The average Bonchev–Trinajstić information content (AvgIpc) is 3.35. The van der Waals surface area contributed by atoms with E-state index >= 15 is 0 Å². The van der Waals surface area contributed by atoms with E-state index in [0.717, 1.165) is 30.8 Å². The van der Waals surface area contributed by atoms with Crippen molar-refractivity contribution in [3.8, 4) is 0 Å². The van der Waals surface area contributed by atoms with Crippen LogP contribution < -0.4 is 25.8 Å². The van der Waals surface area contributed by atoms with Gasteiger partial charge in [0, 0.05) is 31.1 Å². The minimum absolute atomic E-state index is 0.0333. The Morgan fingerprint density at radius 3 is 2.59 bits per heavy atom. The number of alkyl carbamates (subject to hydrolysis) is 1. The zero-order chi connectivity index (χ0) is 29.6. The summed E-state index contributed by atoms with van der Waals surface area (Å²) >= 11 is 1.20. The summed E-state index contributed by atoms with van der Waals surface area (Å²) in [6.45, 7) is 6.88. The standard InChI is InChI=1S/C27H36BN7O5S/c1-27(2,3)40-26(38)33-22-20(32-24(28)41-22)21(36)31-19-15-29-34(4)23(19)35-13-8-11-18(12-14-35)30-25(37)39-16-17-9-6-5-7-10-17/h5-7,9-10,15,18H,8,11-14,16,28H2,1-4H3,(H,30,37)(H,31,36)(H,33,38)/t18-/m1/s1. The van der Waals surface area contributed by atoms with E-state index in [1.54, 1.807) is 39.5 Å². The molecule has 1 aromatic carbocycles. The second-order valence-electron chi connectivity index (χ2n) is 10.8. The smallest absolute Gasteiger partial charge is 0.412 e. The fourth-order valence-electron chi connectivity index (χ4n) is 4.52. The molecule has 14 heteroatoms. The minimum atomic E-state index is -0.680. The normalized spacial score (nSPS) is 15.5. The number of hydrogen-bond acceptors (Lipinski definition) is 9. The van der Waals surface area contributed by atoms with E-state index < -0.39 is 23.7 Å². The Bertz CT molecular complexity index is 1370. The van der Waals surface area contributed by atoms with Gasteiger partial charge in [-0.05, 0) is 45.6 Å². The van der Waals surface area contributed by atoms with E-state index in [9.17, 15) is 14.4 Å². The molecule has 1 fully saturated rings. The quantitative estimate of drug-likeness (QED) is 0.362. The Hall–Kier alpha value is -4.07. The van der Waals surface area contributed by atoms with Gasteiger partial charge in [0.25, 0.3) is 5.91 Å². The molecule has 0 unspecified atom stereocenters. The summed E-state index contributed by atoms with van der Waals surface area (Å²) in [5.41, 5.74) is 0.879. The van der Waals surface area contributed by atoms with Crippen molar-refractivity contribution >= 4 is 58.7 Å². The molecule has 41 heavy (non-hydrogen) atoms. The van der Waals surface area contributed by atoms with Gasteiger partial charge in [-0.2, -0.15) is 5.10 Å². The van der Waals surface area contributed by atoms with Gasteiger partial charge in [0.2, 0.25) is 0 Å². The zero-order valence-corrected chi connectivity index (χ0v) is 24.8. The van der Waals surface area contributed by atoms with Crippen LogP contribution in [-0.2, 0) is 23.1 Å². The largest absolute Gasteiger partial charge is 0.445 e. The number of nitrogens with zero attached hydrogens (tertiary/aromatic N) is 4. The van der Waals surface area contributed by atoms with Gasteiger partial charge >= 0.3 is 12.2 Å². The summed E-state index contributed by atoms with van der Waals surface area (Å²) in [6.07, 6.45) is 2.83. The highest BCUT2D eigenvalue weighted by Gasteiger charge is 2.26. The van der Waals surface area contributed by atoms with E-state index in [1.807, 2.05) is 37.4 Å². The average molecular weight is 582 g/mol. The summed E-state index contributed by atoms with van der Waals surface area (Å²) in [6, 6.07) is 9.52. The van der Waals surface area contributed by atoms with Gasteiger partial charge in [0.1, 0.15) is 22.9 Å². The lowest BCUT2D eigenvalue weighted by Gasteiger charge is -2.24. The Morgan fingerprint density at radius 2 is 1.85 bits per heavy atom. The van der Waals surface area contributed by atoms with Crippen LogP contribution >= 0.6 is 11.3 Å². The fourth-order valence-corrected chi connectivity index (χ4v) is 5.32. The Balaban J connectivity index is 1.37. The van der Waals surface area contributed by atoms with Crippen molar-refractivity contribution in [2.24, 2.45) is 7.05 Å². The third-order valence-electron chi connectivity index (χ3n) is 6.28. The highest BCUT2D eigenvalue weighted by molar-refractivity contribution is 7.23. The fraction of sp³-hybridized carbons (Fsp3) is 0.444. The lowest BCUT2D eigenvalue weighted by Crippen LogP contribution is -2.36. The maximum absolute atomic E-state index is 13.3. The van der Waals surface area contributed by atoms with E-state index in [4.69, 9.17) is 9.47 Å². The van der Waals surface area contributed by atoms with Crippen molar-refractivity contribution in [3.63, 3.8) is 0 Å². The highest BCUT2D eigenvalue weighted by Crippen LogP contribution is 2.29. The van der Waals surface area contributed by atoms with Crippen molar-refractivity contribution in [2.75, 3.05) is 28.6 Å². The molecule has 2 aromatic heterocycles. The van der Waals surface area contributed by atoms with Crippen molar-refractivity contribution < 1.29 is 23.9 Å². The molecule has 1 saturated heterocycles. The van der Waals surface area contributed by atoms with Gasteiger partial charge < -0.3 is 25.0 Å². The summed E-state index contributed by atoms with van der Waals surface area (Å²) in [5.74, 6) is 0.282. The Kier molecular flexibility index (Phi) is 9.53. The molecule has 3 N–H and O–H groups in total. The third kappa shape index (κ3) is 8.46. The number of anilines is 3. The van der Waals surface area contributed by atoms with Crippen molar-refractivity contribution in [3.05, 3.63) is 47.8 Å². The number of thiazole rings is 1. The lowest BCUT2D eigenvalue weighted by molar-refractivity contribution is 0.0636. The first-order valence-corrected chi connectivity index (χ1v) is 14.3. The molecular formula is C27H36BN7O5S. The Labute approximate surface area is 244 Å². The van der Waals surface area contributed by atoms with Crippen molar-refractivity contribution in [2.45, 2.75) is 58.3 Å². The number of hydrogen-bond donors (Lipinski definition) is 3. The van der Waals surface area contributed by atoms with E-state index in [2.05, 4.69) is 30.9 Å². The van der Waals surface area contributed by atoms with Gasteiger partial charge in [-0.3, -0.25) is 14.8 Å². The lowest BCUT2D eigenvalue weighted by atomic mass is 10.1. The van der Waals surface area contributed by atoms with Crippen LogP contribution in [0.2, 0.25) is 0 Å². The molecule has 1 atom stereocenters. The van der Waals surface area contributed by atoms with E-state index in [0.29, 0.717) is 28.6 Å². The third-order valence-corrected chi connectivity index (χ3v) is 7.17. The van der Waals surface area contributed by atoms with Gasteiger partial charge in [-0.15, -0.1) is 11.3 Å². The molecule has 218 valence electrons. The van der Waals surface area contributed by atoms with Gasteiger partial charge in [0.05, 0.1) is 6.20 Å². The molecule has 3 amide bonds. The van der Waals surface area contributed by atoms with E-state index in [-0.39, 0.29) is 18.3 Å². The number of carbonyl (C=O) groups excluding carboxylic acids is 3. The molecule has 1 aliphatic rings. The second-order valence-corrected chi connectivity index (χ2v) is 12.0. The summed E-state index contributed by atoms with van der Waals surface area (Å²) in [7, 11) is 3.57. The number of rotatable bonds is 7. The van der Waals surface area contributed by atoms with Crippen LogP contribution in [0, 0.1) is 0 Å². The van der Waals surface area contributed by atoms with Crippen LogP contribution in [0.15, 0.2) is 36.5 Å². The minimum Gasteiger partial charge on any atom is -0.445 e. The van der Waals surface area contributed by atoms with E-state index in [1.165, 1.54) is 11.3 Å². The SMILES string of the molecule is Bc1nc(C(=O)Nc2cnn(C)c2N2CCC[C@@H](NC(=O)OCc3ccccc3)CC2)c(NC(=O)OC(C)(C)C)s1. The van der Waals surface area contributed by atoms with Crippen LogP contribution in [-0.4, -0.2) is 65.4 Å². The summed E-state index contributed by atoms with van der Waals surface area (Å²) in [5, 5.41) is 13.2. The molecule has 4 rings (SSSR count). The first-order chi connectivity index (χ1) is 19.5. The number of ether oxygens (including phenoxy) is 2. The monoisotopic (exact) mass is 581 g/mol. The van der Waals surface area contributed by atoms with Crippen LogP contribution in [0.1, 0.15) is 56.1 Å². The topological polar surface area (TPSA) is 140 Å². The molecule has 1 aliphatic heterocycles. The maximum Gasteiger partial charge on any atom is 0.412 e. The summed E-state index contributed by atoms with van der Waals surface area (Å²) < 4.78 is 12.4. The molecule has 12 nitrogen and oxygen atoms in total. The van der Waals surface area contributed by atoms with Crippen molar-refractivity contribution in [1.82, 2.24) is 20.1 Å².